The van der Waals surface area contributed by atoms with Gasteiger partial charge in [0.15, 0.2) is 0 Å². The Morgan fingerprint density at radius 2 is 1.45 bits per heavy atom. The van der Waals surface area contributed by atoms with E-state index in [4.69, 9.17) is 0 Å². The maximum absolute atomic E-state index is 13.9. The second kappa shape index (κ2) is 4.87. The molecule has 0 spiro atoms. The smallest absolute Gasteiger partial charge is 0.149 e. The summed E-state index contributed by atoms with van der Waals surface area (Å²) in [7, 11) is -2.77. The zero-order valence-corrected chi connectivity index (χ0v) is 12.7. The molecule has 3 rings (SSSR count). The van der Waals surface area contributed by atoms with Crippen molar-refractivity contribution in [1.29, 1.82) is 0 Å². The van der Waals surface area contributed by atoms with Crippen LogP contribution >= 0.6 is 7.14 Å². The first kappa shape index (κ1) is 13.6. The van der Waals surface area contributed by atoms with Crippen molar-refractivity contribution in [2.24, 2.45) is 0 Å². The summed E-state index contributed by atoms with van der Waals surface area (Å²) in [4.78, 5) is 0. The summed E-state index contributed by atoms with van der Waals surface area (Å²) in [5.74, 6) is 0. The van der Waals surface area contributed by atoms with E-state index in [1.165, 1.54) is 0 Å². The zero-order valence-electron chi connectivity index (χ0n) is 11.8. The first-order chi connectivity index (χ1) is 9.60. The summed E-state index contributed by atoms with van der Waals surface area (Å²) in [5.41, 5.74) is 1.91. The number of rotatable bonds is 3. The Balaban J connectivity index is 2.33. The first-order valence-electron chi connectivity index (χ1n) is 7.08. The fourth-order valence-electron chi connectivity index (χ4n) is 3.37. The molecule has 1 aliphatic heterocycles. The molecule has 2 aromatic rings. The highest BCUT2D eigenvalue weighted by atomic mass is 31.2. The van der Waals surface area contributed by atoms with Gasteiger partial charge >= 0.3 is 0 Å². The van der Waals surface area contributed by atoms with Crippen LogP contribution in [0.5, 0.6) is 0 Å². The van der Waals surface area contributed by atoms with E-state index in [9.17, 15) is 9.67 Å². The largest absolute Gasteiger partial charge is 0.393 e. The van der Waals surface area contributed by atoms with Crippen molar-refractivity contribution in [2.75, 3.05) is 0 Å². The van der Waals surface area contributed by atoms with Gasteiger partial charge in [0.1, 0.15) is 7.14 Å². The van der Waals surface area contributed by atoms with E-state index in [0.717, 1.165) is 21.7 Å². The SMILES string of the molecule is CCC(C(C)O)P1(=O)c2ccccc2-c2ccccc21. The average Bonchev–Trinajstić information content (AvgIpc) is 2.71. The van der Waals surface area contributed by atoms with Crippen LogP contribution in [0.25, 0.3) is 11.1 Å². The minimum atomic E-state index is -2.77. The number of aliphatic hydroxyl groups is 1. The van der Waals surface area contributed by atoms with Crippen molar-refractivity contribution in [3.05, 3.63) is 48.5 Å². The minimum Gasteiger partial charge on any atom is -0.393 e. The third-order valence-corrected chi connectivity index (χ3v) is 8.20. The van der Waals surface area contributed by atoms with Crippen molar-refractivity contribution in [3.63, 3.8) is 0 Å². The molecule has 2 nitrogen and oxygen atoms in total. The van der Waals surface area contributed by atoms with Gasteiger partial charge in [-0.25, -0.2) is 0 Å². The summed E-state index contributed by atoms with van der Waals surface area (Å²) in [6, 6.07) is 15.8. The fraction of sp³-hybridized carbons (Fsp3) is 0.294. The van der Waals surface area contributed by atoms with Gasteiger partial charge in [-0.2, -0.15) is 0 Å². The first-order valence-corrected chi connectivity index (χ1v) is 8.85. The lowest BCUT2D eigenvalue weighted by Gasteiger charge is -2.27. The second-order valence-electron chi connectivity index (χ2n) is 5.41. The number of aliphatic hydroxyl groups excluding tert-OH is 1. The molecule has 3 heteroatoms. The van der Waals surface area contributed by atoms with Crippen LogP contribution in [0, 0.1) is 0 Å². The van der Waals surface area contributed by atoms with Gasteiger partial charge in [0, 0.05) is 16.3 Å². The average molecular weight is 286 g/mol. The van der Waals surface area contributed by atoms with Crippen LogP contribution in [0.15, 0.2) is 48.5 Å². The standard InChI is InChI=1S/C17H19O2P/c1-3-15(12(2)18)20(19)16-10-6-4-8-13(16)14-9-5-7-11-17(14)20/h4-12,15,18H,3H2,1-2H3. The van der Waals surface area contributed by atoms with E-state index < -0.39 is 13.2 Å². The van der Waals surface area contributed by atoms with Crippen LogP contribution in [0.1, 0.15) is 20.3 Å². The maximum atomic E-state index is 13.9. The lowest BCUT2D eigenvalue weighted by molar-refractivity contribution is 0.186. The molecule has 0 aromatic heterocycles. The normalized spacial score (nSPS) is 18.1. The quantitative estimate of drug-likeness (QED) is 0.880. The Morgan fingerprint density at radius 3 is 1.85 bits per heavy atom. The predicted molar refractivity (Wildman–Crippen MR) is 84.5 cm³/mol. The highest BCUT2D eigenvalue weighted by Gasteiger charge is 2.45. The number of benzene rings is 2. The Kier molecular flexibility index (Phi) is 3.32. The molecule has 1 N–H and O–H groups in total. The lowest BCUT2D eigenvalue weighted by atomic mass is 10.1. The molecule has 0 fully saturated rings. The molecule has 0 bridgehead atoms. The third-order valence-electron chi connectivity index (χ3n) is 4.26. The van der Waals surface area contributed by atoms with Gasteiger partial charge in [-0.3, -0.25) is 0 Å². The van der Waals surface area contributed by atoms with Crippen LogP contribution in [-0.4, -0.2) is 16.9 Å². The van der Waals surface area contributed by atoms with Crippen LogP contribution in [0.2, 0.25) is 0 Å². The summed E-state index contributed by atoms with van der Waals surface area (Å²) >= 11 is 0. The van der Waals surface area contributed by atoms with Gasteiger partial charge in [-0.05, 0) is 24.5 Å². The van der Waals surface area contributed by atoms with Gasteiger partial charge in [0.05, 0.1) is 6.10 Å². The Labute approximate surface area is 119 Å². The highest BCUT2D eigenvalue weighted by molar-refractivity contribution is 7.80. The van der Waals surface area contributed by atoms with Crippen LogP contribution in [0.4, 0.5) is 0 Å². The Morgan fingerprint density at radius 1 is 1.00 bits per heavy atom. The molecule has 104 valence electrons. The molecule has 0 saturated heterocycles. The Hall–Kier alpha value is -1.37. The predicted octanol–water partition coefficient (Wildman–Crippen LogP) is 3.14. The molecular formula is C17H19O2P. The van der Waals surface area contributed by atoms with Gasteiger partial charge < -0.3 is 9.67 Å². The van der Waals surface area contributed by atoms with Crippen LogP contribution < -0.4 is 10.6 Å². The number of fused-ring (bicyclic) bond motifs is 3. The molecule has 1 heterocycles. The van der Waals surface area contributed by atoms with Crippen molar-refractivity contribution < 1.29 is 9.67 Å². The number of hydrogen-bond donors (Lipinski definition) is 1. The third kappa shape index (κ3) is 1.72. The van der Waals surface area contributed by atoms with E-state index >= 15 is 0 Å². The summed E-state index contributed by atoms with van der Waals surface area (Å²) in [6.45, 7) is 3.75. The van der Waals surface area contributed by atoms with E-state index in [0.29, 0.717) is 6.42 Å². The maximum Gasteiger partial charge on any atom is 0.149 e. The molecule has 2 atom stereocenters. The molecule has 1 aliphatic rings. The van der Waals surface area contributed by atoms with Crippen LogP contribution in [0.3, 0.4) is 0 Å². The molecule has 0 saturated carbocycles. The Bertz CT molecular complexity index is 641. The van der Waals surface area contributed by atoms with Crippen molar-refractivity contribution in [3.8, 4) is 11.1 Å². The van der Waals surface area contributed by atoms with E-state index in [1.807, 2.05) is 55.5 Å². The zero-order chi connectivity index (χ0) is 14.3. The minimum absolute atomic E-state index is 0.215. The van der Waals surface area contributed by atoms with E-state index in [2.05, 4.69) is 0 Å². The van der Waals surface area contributed by atoms with Gasteiger partial charge in [0.25, 0.3) is 0 Å². The summed E-state index contributed by atoms with van der Waals surface area (Å²) in [5, 5.41) is 11.9. The summed E-state index contributed by atoms with van der Waals surface area (Å²) in [6.07, 6.45) is 0.127. The molecule has 2 unspecified atom stereocenters. The fourth-order valence-corrected chi connectivity index (χ4v) is 7.19. The monoisotopic (exact) mass is 286 g/mol. The second-order valence-corrected chi connectivity index (χ2v) is 8.35. The molecule has 0 aliphatic carbocycles. The molecule has 0 radical (unpaired) electrons. The van der Waals surface area contributed by atoms with Crippen LogP contribution in [-0.2, 0) is 4.57 Å². The van der Waals surface area contributed by atoms with Crippen molar-refractivity contribution >= 4 is 17.8 Å². The molecule has 2 aromatic carbocycles. The van der Waals surface area contributed by atoms with Gasteiger partial charge in [-0.1, -0.05) is 55.5 Å². The van der Waals surface area contributed by atoms with Crippen molar-refractivity contribution in [2.45, 2.75) is 32.0 Å². The lowest BCUT2D eigenvalue weighted by Crippen LogP contribution is -2.30. The van der Waals surface area contributed by atoms with Crippen molar-refractivity contribution in [1.82, 2.24) is 0 Å². The van der Waals surface area contributed by atoms with E-state index in [-0.39, 0.29) is 5.66 Å². The van der Waals surface area contributed by atoms with Gasteiger partial charge in [0.2, 0.25) is 0 Å². The van der Waals surface area contributed by atoms with E-state index in [1.54, 1.807) is 6.92 Å². The topological polar surface area (TPSA) is 37.3 Å². The molecule has 20 heavy (non-hydrogen) atoms. The van der Waals surface area contributed by atoms with Gasteiger partial charge in [-0.15, -0.1) is 0 Å². The highest BCUT2D eigenvalue weighted by Crippen LogP contribution is 2.58. The molecular weight excluding hydrogens is 267 g/mol. The summed E-state index contributed by atoms with van der Waals surface area (Å²) < 4.78 is 13.9. The number of hydrogen-bond acceptors (Lipinski definition) is 2. The molecule has 0 amide bonds.